The fourth-order valence-electron chi connectivity index (χ4n) is 0.414. The summed E-state index contributed by atoms with van der Waals surface area (Å²) in [7, 11) is 2.72. The van der Waals surface area contributed by atoms with Crippen LogP contribution in [0.15, 0.2) is 24.8 Å². The Hall–Kier alpha value is -0.0900. The molecule has 0 spiro atoms. The van der Waals surface area contributed by atoms with Crippen molar-refractivity contribution in [3.05, 3.63) is 24.8 Å². The normalized spacial score (nSPS) is 12.8. The van der Waals surface area contributed by atoms with Crippen LogP contribution in [0.5, 0.6) is 0 Å². The lowest BCUT2D eigenvalue weighted by Crippen LogP contribution is -1.94. The first-order valence-electron chi connectivity index (χ1n) is 2.79. The fourth-order valence-corrected chi connectivity index (χ4v) is 0.550. The Morgan fingerprint density at radius 1 is 1.88 bits per heavy atom. The highest BCUT2D eigenvalue weighted by molar-refractivity contribution is 7.18. The van der Waals surface area contributed by atoms with Crippen LogP contribution in [0.4, 0.5) is 0 Å². The second kappa shape index (κ2) is 3.86. The van der Waals surface area contributed by atoms with Crippen LogP contribution in [0, 0.1) is 0 Å². The van der Waals surface area contributed by atoms with Gasteiger partial charge in [0, 0.05) is 0 Å². The van der Waals surface area contributed by atoms with Crippen molar-refractivity contribution in [2.75, 3.05) is 0 Å². The molecule has 8 heavy (non-hydrogen) atoms. The summed E-state index contributed by atoms with van der Waals surface area (Å²) < 4.78 is 0. The van der Waals surface area contributed by atoms with Gasteiger partial charge in [0.1, 0.15) is 0 Å². The molecule has 0 aliphatic rings. The highest BCUT2D eigenvalue weighted by Gasteiger charge is 1.97. The number of hydrogen-bond acceptors (Lipinski definition) is 0. The minimum absolute atomic E-state index is 0.521. The molecule has 0 saturated carbocycles. The summed E-state index contributed by atoms with van der Waals surface area (Å²) in [4.78, 5) is 0. The van der Waals surface area contributed by atoms with E-state index in [0.717, 1.165) is 12.0 Å². The second-order valence-corrected chi connectivity index (χ2v) is 2.60. The molecule has 1 heteroatoms. The van der Waals surface area contributed by atoms with Gasteiger partial charge in [-0.15, -0.1) is 9.24 Å². The SMILES string of the molecule is C=CC(=C)C(P)CC. The number of hydrogen-bond donors (Lipinski definition) is 0. The Morgan fingerprint density at radius 3 is 2.50 bits per heavy atom. The van der Waals surface area contributed by atoms with Crippen LogP contribution in [0.1, 0.15) is 13.3 Å². The summed E-state index contributed by atoms with van der Waals surface area (Å²) in [5, 5.41) is 0. The van der Waals surface area contributed by atoms with Crippen LogP contribution in [0.25, 0.3) is 0 Å². The fraction of sp³-hybridized carbons (Fsp3) is 0.429. The van der Waals surface area contributed by atoms with Gasteiger partial charge >= 0.3 is 0 Å². The standard InChI is InChI=1S/C7H13P/c1-4-6(3)7(8)5-2/h4,7H,1,3,5,8H2,2H3. The third kappa shape index (κ3) is 2.28. The molecule has 0 aliphatic heterocycles. The zero-order valence-corrected chi connectivity index (χ0v) is 6.51. The molecule has 46 valence electrons. The topological polar surface area (TPSA) is 0 Å². The lowest BCUT2D eigenvalue weighted by atomic mass is 10.2. The molecule has 0 bridgehead atoms. The van der Waals surface area contributed by atoms with Gasteiger partial charge in [0.25, 0.3) is 0 Å². The van der Waals surface area contributed by atoms with Crippen LogP contribution in [-0.4, -0.2) is 5.66 Å². The van der Waals surface area contributed by atoms with Gasteiger partial charge in [0.05, 0.1) is 0 Å². The van der Waals surface area contributed by atoms with Gasteiger partial charge in [0.15, 0.2) is 0 Å². The van der Waals surface area contributed by atoms with Crippen molar-refractivity contribution >= 4 is 9.24 Å². The van der Waals surface area contributed by atoms with Crippen LogP contribution in [-0.2, 0) is 0 Å². The van der Waals surface area contributed by atoms with E-state index in [2.05, 4.69) is 29.3 Å². The zero-order chi connectivity index (χ0) is 6.57. The molecule has 0 radical (unpaired) electrons. The van der Waals surface area contributed by atoms with E-state index in [0.29, 0.717) is 5.66 Å². The molecule has 0 saturated heterocycles. The molecular formula is C7H13P. The van der Waals surface area contributed by atoms with Crippen LogP contribution in [0.2, 0.25) is 0 Å². The summed E-state index contributed by atoms with van der Waals surface area (Å²) in [6, 6.07) is 0. The van der Waals surface area contributed by atoms with Crippen molar-refractivity contribution < 1.29 is 0 Å². The third-order valence-corrected chi connectivity index (χ3v) is 2.08. The third-order valence-electron chi connectivity index (χ3n) is 1.18. The van der Waals surface area contributed by atoms with Crippen molar-refractivity contribution in [3.8, 4) is 0 Å². The van der Waals surface area contributed by atoms with Gasteiger partial charge < -0.3 is 0 Å². The molecule has 0 nitrogen and oxygen atoms in total. The number of rotatable bonds is 3. The Morgan fingerprint density at radius 2 is 2.38 bits per heavy atom. The first-order chi connectivity index (χ1) is 3.72. The molecule has 0 heterocycles. The van der Waals surface area contributed by atoms with Crippen LogP contribution >= 0.6 is 9.24 Å². The maximum Gasteiger partial charge on any atom is -0.00233 e. The van der Waals surface area contributed by atoms with E-state index in [1.54, 1.807) is 6.08 Å². The lowest BCUT2D eigenvalue weighted by Gasteiger charge is -2.05. The van der Waals surface area contributed by atoms with Crippen molar-refractivity contribution in [1.82, 2.24) is 0 Å². The van der Waals surface area contributed by atoms with E-state index in [-0.39, 0.29) is 0 Å². The first-order valence-corrected chi connectivity index (χ1v) is 3.45. The Labute approximate surface area is 53.9 Å². The molecule has 0 amide bonds. The summed E-state index contributed by atoms with van der Waals surface area (Å²) in [5.74, 6) is 0. The molecule has 2 unspecified atom stereocenters. The summed E-state index contributed by atoms with van der Waals surface area (Å²) in [5.41, 5.74) is 1.63. The van der Waals surface area contributed by atoms with E-state index >= 15 is 0 Å². The first kappa shape index (κ1) is 7.91. The van der Waals surface area contributed by atoms with Gasteiger partial charge in [-0.3, -0.25) is 0 Å². The quantitative estimate of drug-likeness (QED) is 0.404. The summed E-state index contributed by atoms with van der Waals surface area (Å²) in [6.07, 6.45) is 2.93. The lowest BCUT2D eigenvalue weighted by molar-refractivity contribution is 0.951. The number of allylic oxidation sites excluding steroid dienone is 2. The Bertz CT molecular complexity index is 94.6. The van der Waals surface area contributed by atoms with Gasteiger partial charge in [-0.05, 0) is 17.7 Å². The van der Waals surface area contributed by atoms with E-state index in [1.165, 1.54) is 0 Å². The van der Waals surface area contributed by atoms with Gasteiger partial charge in [-0.25, -0.2) is 0 Å². The van der Waals surface area contributed by atoms with E-state index in [1.807, 2.05) is 0 Å². The maximum atomic E-state index is 3.81. The molecular weight excluding hydrogens is 115 g/mol. The van der Waals surface area contributed by atoms with Crippen LogP contribution in [0.3, 0.4) is 0 Å². The van der Waals surface area contributed by atoms with Gasteiger partial charge in [-0.1, -0.05) is 26.2 Å². The highest BCUT2D eigenvalue weighted by atomic mass is 31.0. The molecule has 2 atom stereocenters. The predicted octanol–water partition coefficient (Wildman–Crippen LogP) is 2.38. The minimum atomic E-state index is 0.521. The molecule has 0 rings (SSSR count). The Balaban J connectivity index is 3.62. The summed E-state index contributed by atoms with van der Waals surface area (Å²) >= 11 is 0. The molecule has 0 fully saturated rings. The largest absolute Gasteiger partial charge is 0.130 e. The van der Waals surface area contributed by atoms with E-state index < -0.39 is 0 Å². The highest BCUT2D eigenvalue weighted by Crippen LogP contribution is 2.13. The summed E-state index contributed by atoms with van der Waals surface area (Å²) in [6.45, 7) is 9.55. The molecule has 0 aliphatic carbocycles. The smallest absolute Gasteiger partial charge is 0.00233 e. The van der Waals surface area contributed by atoms with Crippen molar-refractivity contribution in [2.45, 2.75) is 19.0 Å². The monoisotopic (exact) mass is 128 g/mol. The average Bonchev–Trinajstić information content (AvgIpc) is 1.84. The molecule has 0 aromatic heterocycles. The van der Waals surface area contributed by atoms with Crippen molar-refractivity contribution in [3.63, 3.8) is 0 Å². The average molecular weight is 128 g/mol. The van der Waals surface area contributed by atoms with Crippen molar-refractivity contribution in [2.24, 2.45) is 0 Å². The van der Waals surface area contributed by atoms with Gasteiger partial charge in [0.2, 0.25) is 0 Å². The van der Waals surface area contributed by atoms with Crippen LogP contribution < -0.4 is 0 Å². The zero-order valence-electron chi connectivity index (χ0n) is 5.35. The molecule has 0 N–H and O–H groups in total. The maximum absolute atomic E-state index is 3.81. The Kier molecular flexibility index (Phi) is 3.81. The van der Waals surface area contributed by atoms with Gasteiger partial charge in [-0.2, -0.15) is 0 Å². The predicted molar refractivity (Wildman–Crippen MR) is 43.1 cm³/mol. The van der Waals surface area contributed by atoms with E-state index in [9.17, 15) is 0 Å². The second-order valence-electron chi connectivity index (χ2n) is 1.79. The van der Waals surface area contributed by atoms with Crippen molar-refractivity contribution in [1.29, 1.82) is 0 Å². The molecule has 0 aromatic carbocycles. The molecule has 0 aromatic rings. The van der Waals surface area contributed by atoms with E-state index in [4.69, 9.17) is 0 Å². The minimum Gasteiger partial charge on any atom is -0.130 e.